The highest BCUT2D eigenvalue weighted by Crippen LogP contribution is 2.40. The summed E-state index contributed by atoms with van der Waals surface area (Å²) in [6, 6.07) is 12.3. The van der Waals surface area contributed by atoms with Gasteiger partial charge < -0.3 is 15.1 Å². The van der Waals surface area contributed by atoms with E-state index < -0.39 is 17.7 Å². The molecule has 35 heavy (non-hydrogen) atoms. The number of nitrogens with zero attached hydrogens (tertiary/aromatic N) is 1. The summed E-state index contributed by atoms with van der Waals surface area (Å²) in [5.74, 6) is -1.80. The molecule has 0 saturated heterocycles. The lowest BCUT2D eigenvalue weighted by molar-refractivity contribution is -0.614. The van der Waals surface area contributed by atoms with Crippen molar-refractivity contribution in [1.82, 2.24) is 0 Å². The zero-order chi connectivity index (χ0) is 25.1. The van der Waals surface area contributed by atoms with Crippen molar-refractivity contribution in [1.29, 1.82) is 0 Å². The molecular weight excluding hydrogens is 473 g/mol. The van der Waals surface area contributed by atoms with Crippen LogP contribution in [0.25, 0.3) is 11.1 Å². The molecule has 1 unspecified atom stereocenters. The van der Waals surface area contributed by atoms with Crippen LogP contribution in [0.3, 0.4) is 0 Å². The Morgan fingerprint density at radius 2 is 1.89 bits per heavy atom. The quantitative estimate of drug-likeness (QED) is 0.292. The van der Waals surface area contributed by atoms with Crippen molar-refractivity contribution >= 4 is 23.4 Å². The average Bonchev–Trinajstić information content (AvgIpc) is 3.65. The Morgan fingerprint density at radius 3 is 2.49 bits per heavy atom. The predicted octanol–water partition coefficient (Wildman–Crippen LogP) is 5.57. The molecule has 1 atom stereocenters. The van der Waals surface area contributed by atoms with Gasteiger partial charge in [-0.25, -0.2) is 9.18 Å². The molecule has 0 spiro atoms. The zero-order valence-electron chi connectivity index (χ0n) is 19.2. The monoisotopic (exact) mass is 497 g/mol. The van der Waals surface area contributed by atoms with Gasteiger partial charge in [0.05, 0.1) is 28.3 Å². The summed E-state index contributed by atoms with van der Waals surface area (Å²) < 4.78 is 21.0. The topological polar surface area (TPSA) is 90.5 Å². The maximum atomic E-state index is 14.9. The van der Waals surface area contributed by atoms with Crippen molar-refractivity contribution in [3.8, 4) is 16.9 Å². The second-order valence-corrected chi connectivity index (χ2v) is 9.12. The SMILES string of the molecule is CCOc1ccc(Cl)c(F)c1-c1ccc(C(CC2CC2)C(=O)Cc2ccc(C(=O)O)cc2)[n+]([O-])c1. The lowest BCUT2D eigenvalue weighted by atomic mass is 9.89. The number of aromatic carboxylic acids is 1. The first-order chi connectivity index (χ1) is 16.8. The second-order valence-electron chi connectivity index (χ2n) is 8.71. The Balaban J connectivity index is 1.64. The molecule has 182 valence electrons. The molecule has 1 aromatic heterocycles. The number of rotatable bonds is 10. The minimum absolute atomic E-state index is 0.0798. The van der Waals surface area contributed by atoms with Gasteiger partial charge in [-0.05, 0) is 55.2 Å². The first-order valence-corrected chi connectivity index (χ1v) is 11.9. The first kappa shape index (κ1) is 24.7. The molecule has 2 aromatic carbocycles. The summed E-state index contributed by atoms with van der Waals surface area (Å²) in [6.07, 6.45) is 3.92. The number of hydrogen-bond acceptors (Lipinski definition) is 4. The number of ketones is 1. The molecule has 1 aliphatic rings. The number of aromatic nitrogens is 1. The third kappa shape index (κ3) is 5.62. The molecule has 0 aliphatic heterocycles. The van der Waals surface area contributed by atoms with Crippen LogP contribution >= 0.6 is 11.6 Å². The molecule has 0 amide bonds. The van der Waals surface area contributed by atoms with E-state index in [1.807, 2.05) is 0 Å². The highest BCUT2D eigenvalue weighted by atomic mass is 35.5. The van der Waals surface area contributed by atoms with E-state index in [4.69, 9.17) is 21.4 Å². The fourth-order valence-corrected chi connectivity index (χ4v) is 4.34. The summed E-state index contributed by atoms with van der Waals surface area (Å²) in [5.41, 5.74) is 1.52. The van der Waals surface area contributed by atoms with Gasteiger partial charge in [0.2, 0.25) is 5.69 Å². The van der Waals surface area contributed by atoms with Crippen molar-refractivity contribution in [2.75, 3.05) is 6.61 Å². The maximum absolute atomic E-state index is 14.9. The Kier molecular flexibility index (Phi) is 7.36. The summed E-state index contributed by atoms with van der Waals surface area (Å²) in [4.78, 5) is 24.4. The molecule has 8 heteroatoms. The summed E-state index contributed by atoms with van der Waals surface area (Å²) in [5, 5.41) is 22.1. The number of Topliss-reactive ketones (excluding diaryl/α,β-unsaturated/α-hetero) is 1. The third-order valence-corrected chi connectivity index (χ3v) is 6.47. The van der Waals surface area contributed by atoms with Crippen LogP contribution in [0.5, 0.6) is 5.75 Å². The minimum Gasteiger partial charge on any atom is -0.618 e. The van der Waals surface area contributed by atoms with Crippen LogP contribution in [0.4, 0.5) is 4.39 Å². The van der Waals surface area contributed by atoms with Crippen LogP contribution in [0.1, 0.15) is 53.7 Å². The lowest BCUT2D eigenvalue weighted by Gasteiger charge is -2.17. The Bertz CT molecular complexity index is 1260. The number of pyridine rings is 1. The Labute approximate surface area is 207 Å². The lowest BCUT2D eigenvalue weighted by Crippen LogP contribution is -2.36. The summed E-state index contributed by atoms with van der Waals surface area (Å²) in [7, 11) is 0. The molecule has 1 heterocycles. The number of benzene rings is 2. The van der Waals surface area contributed by atoms with Gasteiger partial charge in [-0.15, -0.1) is 0 Å². The Hall–Kier alpha value is -3.45. The van der Waals surface area contributed by atoms with Crippen LogP contribution in [0.2, 0.25) is 5.02 Å². The minimum atomic E-state index is -1.04. The normalized spacial score (nSPS) is 13.9. The van der Waals surface area contributed by atoms with Crippen LogP contribution in [-0.2, 0) is 11.2 Å². The molecule has 1 aliphatic carbocycles. The van der Waals surface area contributed by atoms with E-state index in [1.54, 1.807) is 37.3 Å². The fourth-order valence-electron chi connectivity index (χ4n) is 4.18. The number of carboxylic acids is 1. The van der Waals surface area contributed by atoms with E-state index in [0.717, 1.165) is 12.8 Å². The predicted molar refractivity (Wildman–Crippen MR) is 129 cm³/mol. The third-order valence-electron chi connectivity index (χ3n) is 6.18. The highest BCUT2D eigenvalue weighted by Gasteiger charge is 2.34. The van der Waals surface area contributed by atoms with Crippen LogP contribution in [-0.4, -0.2) is 23.5 Å². The number of carboxylic acid groups (broad SMARTS) is 1. The van der Waals surface area contributed by atoms with Gasteiger partial charge in [0.25, 0.3) is 0 Å². The van der Waals surface area contributed by atoms with E-state index in [1.165, 1.54) is 24.4 Å². The average molecular weight is 498 g/mol. The first-order valence-electron chi connectivity index (χ1n) is 11.5. The molecule has 0 radical (unpaired) electrons. The van der Waals surface area contributed by atoms with Gasteiger partial charge in [-0.2, -0.15) is 4.73 Å². The molecule has 1 fully saturated rings. The fraction of sp³-hybridized carbons (Fsp3) is 0.296. The molecule has 6 nitrogen and oxygen atoms in total. The maximum Gasteiger partial charge on any atom is 0.335 e. The number of carbonyl (C=O) groups is 2. The van der Waals surface area contributed by atoms with Crippen LogP contribution in [0.15, 0.2) is 54.7 Å². The van der Waals surface area contributed by atoms with Crippen molar-refractivity contribution in [3.63, 3.8) is 0 Å². The molecular formula is C27H25ClFNO5. The van der Waals surface area contributed by atoms with Gasteiger partial charge in [-0.1, -0.05) is 36.6 Å². The number of halogens is 2. The smallest absolute Gasteiger partial charge is 0.335 e. The van der Waals surface area contributed by atoms with Crippen molar-refractivity contribution < 1.29 is 28.6 Å². The largest absolute Gasteiger partial charge is 0.618 e. The van der Waals surface area contributed by atoms with Gasteiger partial charge >= 0.3 is 5.97 Å². The number of carbonyl (C=O) groups excluding carboxylic acids is 1. The number of ether oxygens (including phenoxy) is 1. The van der Waals surface area contributed by atoms with E-state index >= 15 is 0 Å². The van der Waals surface area contributed by atoms with E-state index in [-0.39, 0.29) is 34.1 Å². The standard InChI is InChI=1S/C27H25ClFNO5/c1-2-35-24-12-10-21(28)26(29)25(24)19-9-11-22(30(34)15-19)20(13-16-3-4-16)23(31)14-17-5-7-18(8-6-17)27(32)33/h5-12,15-16,20H,2-4,13-14H2,1H3,(H,32,33). The van der Waals surface area contributed by atoms with Gasteiger partial charge in [0.15, 0.2) is 17.8 Å². The van der Waals surface area contributed by atoms with E-state index in [2.05, 4.69) is 0 Å². The van der Waals surface area contributed by atoms with Crippen LogP contribution < -0.4 is 9.47 Å². The molecule has 0 bridgehead atoms. The van der Waals surface area contributed by atoms with Crippen molar-refractivity contribution in [3.05, 3.63) is 87.6 Å². The summed E-state index contributed by atoms with van der Waals surface area (Å²) in [6.45, 7) is 2.09. The van der Waals surface area contributed by atoms with Gasteiger partial charge in [0, 0.05) is 12.5 Å². The van der Waals surface area contributed by atoms with Crippen LogP contribution in [0, 0.1) is 16.9 Å². The second kappa shape index (κ2) is 10.4. The number of hydrogen-bond donors (Lipinski definition) is 1. The van der Waals surface area contributed by atoms with Gasteiger partial charge in [0.1, 0.15) is 11.7 Å². The van der Waals surface area contributed by atoms with Gasteiger partial charge in [-0.3, -0.25) is 4.79 Å². The molecule has 1 saturated carbocycles. The summed E-state index contributed by atoms with van der Waals surface area (Å²) >= 11 is 5.97. The van der Waals surface area contributed by atoms with Crippen molar-refractivity contribution in [2.24, 2.45) is 5.92 Å². The molecule has 1 N–H and O–H groups in total. The van der Waals surface area contributed by atoms with Crippen molar-refractivity contribution in [2.45, 2.75) is 38.5 Å². The molecule has 3 aromatic rings. The zero-order valence-corrected chi connectivity index (χ0v) is 19.9. The Morgan fingerprint density at radius 1 is 1.17 bits per heavy atom. The highest BCUT2D eigenvalue weighted by molar-refractivity contribution is 6.31. The van der Waals surface area contributed by atoms with E-state index in [9.17, 15) is 19.2 Å². The van der Waals surface area contributed by atoms with E-state index in [0.29, 0.717) is 40.5 Å². The molecule has 4 rings (SSSR count).